The molecule has 33 heavy (non-hydrogen) atoms. The second-order valence-corrected chi connectivity index (χ2v) is 7.70. The van der Waals surface area contributed by atoms with Gasteiger partial charge in [-0.25, -0.2) is 4.39 Å². The molecular formula is C22H29FN4O6. The first-order valence-corrected chi connectivity index (χ1v) is 10.4. The van der Waals surface area contributed by atoms with Crippen LogP contribution in [0.15, 0.2) is 24.3 Å². The first-order chi connectivity index (χ1) is 15.5. The quantitative estimate of drug-likeness (QED) is 0.257. The number of aliphatic carboxylic acids is 1. The van der Waals surface area contributed by atoms with Gasteiger partial charge in [-0.2, -0.15) is 0 Å². The van der Waals surface area contributed by atoms with Gasteiger partial charge in [0.25, 0.3) is 0 Å². The lowest BCUT2D eigenvalue weighted by Crippen LogP contribution is -2.54. The summed E-state index contributed by atoms with van der Waals surface area (Å²) in [5.41, 5.74) is 0.605. The molecule has 2 atom stereocenters. The fraction of sp³-hybridized carbons (Fsp3) is 0.455. The van der Waals surface area contributed by atoms with Crippen LogP contribution in [-0.2, 0) is 30.5 Å². The lowest BCUT2D eigenvalue weighted by Gasteiger charge is -2.23. The number of rotatable bonds is 14. The monoisotopic (exact) mass is 464 g/mol. The van der Waals surface area contributed by atoms with Gasteiger partial charge >= 0.3 is 5.97 Å². The van der Waals surface area contributed by atoms with E-state index in [-0.39, 0.29) is 32.2 Å². The Labute approximate surface area is 190 Å². The number of Topliss-reactive ketones (excluding diaryl/α,β-unsaturated/α-hetero) is 1. The molecule has 0 unspecified atom stereocenters. The van der Waals surface area contributed by atoms with Crippen molar-refractivity contribution in [2.24, 2.45) is 5.92 Å². The summed E-state index contributed by atoms with van der Waals surface area (Å²) in [6.45, 7) is 3.25. The highest BCUT2D eigenvalue weighted by Crippen LogP contribution is 2.06. The van der Waals surface area contributed by atoms with E-state index < -0.39 is 53.3 Å². The summed E-state index contributed by atoms with van der Waals surface area (Å²) in [7, 11) is 0. The predicted molar refractivity (Wildman–Crippen MR) is 117 cm³/mol. The number of carbonyl (C=O) groups is 5. The predicted octanol–water partition coefficient (Wildman–Crippen LogP) is 0.931. The number of hydrogen-bond donors (Lipinski definition) is 5. The Balaban J connectivity index is 2.92. The van der Waals surface area contributed by atoms with Gasteiger partial charge < -0.3 is 26.5 Å². The van der Waals surface area contributed by atoms with E-state index in [2.05, 4.69) is 16.0 Å². The molecule has 0 aliphatic carbocycles. The largest absolute Gasteiger partial charge is 0.481 e. The van der Waals surface area contributed by atoms with Gasteiger partial charge in [-0.1, -0.05) is 26.0 Å². The van der Waals surface area contributed by atoms with Crippen molar-refractivity contribution in [2.75, 3.05) is 0 Å². The summed E-state index contributed by atoms with van der Waals surface area (Å²) in [4.78, 5) is 60.0. The van der Waals surface area contributed by atoms with Gasteiger partial charge in [-0.3, -0.25) is 24.0 Å². The zero-order chi connectivity index (χ0) is 25.0. The number of ketones is 1. The molecule has 1 aromatic carbocycles. The molecule has 5 N–H and O–H groups in total. The van der Waals surface area contributed by atoms with Crippen molar-refractivity contribution in [3.8, 4) is 0 Å². The number of hydrogen-bond acceptors (Lipinski definition) is 6. The average Bonchev–Trinajstić information content (AvgIpc) is 2.77. The van der Waals surface area contributed by atoms with E-state index in [4.69, 9.17) is 10.5 Å². The average molecular weight is 464 g/mol. The summed E-state index contributed by atoms with van der Waals surface area (Å²) in [5.74, 6) is -4.45. The Hall–Kier alpha value is -3.63. The molecule has 3 amide bonds. The zero-order valence-electron chi connectivity index (χ0n) is 18.5. The SMILES string of the molecule is CC(C)C(=O)N[C@@H](CCC(=O)O)C(=O)N[C@@H](CCC(=O)C=N)C(=O)NCc1ccc(F)cc1. The number of carboxylic acids is 1. The maximum Gasteiger partial charge on any atom is 0.303 e. The van der Waals surface area contributed by atoms with Crippen molar-refractivity contribution in [1.29, 1.82) is 5.41 Å². The number of benzene rings is 1. The number of nitrogens with one attached hydrogen (secondary N) is 4. The van der Waals surface area contributed by atoms with Crippen molar-refractivity contribution < 1.29 is 33.5 Å². The smallest absolute Gasteiger partial charge is 0.303 e. The van der Waals surface area contributed by atoms with Gasteiger partial charge in [0.1, 0.15) is 17.9 Å². The fourth-order valence-corrected chi connectivity index (χ4v) is 2.69. The molecule has 1 aromatic rings. The van der Waals surface area contributed by atoms with Gasteiger partial charge in [0.05, 0.1) is 6.21 Å². The number of halogens is 1. The maximum absolute atomic E-state index is 13.0. The lowest BCUT2D eigenvalue weighted by molar-refractivity contribution is -0.138. The molecule has 180 valence electrons. The third kappa shape index (κ3) is 10.5. The van der Waals surface area contributed by atoms with Crippen molar-refractivity contribution in [2.45, 2.75) is 58.2 Å². The second-order valence-electron chi connectivity index (χ2n) is 7.70. The van der Waals surface area contributed by atoms with Crippen LogP contribution in [0.3, 0.4) is 0 Å². The first kappa shape index (κ1) is 27.4. The maximum atomic E-state index is 13.0. The van der Waals surface area contributed by atoms with Crippen LogP contribution in [-0.4, -0.2) is 52.9 Å². The molecule has 0 saturated carbocycles. The third-order valence-electron chi connectivity index (χ3n) is 4.66. The van der Waals surface area contributed by atoms with E-state index in [0.717, 1.165) is 0 Å². The molecular weight excluding hydrogens is 435 g/mol. The first-order valence-electron chi connectivity index (χ1n) is 10.4. The normalized spacial score (nSPS) is 12.4. The second kappa shape index (κ2) is 13.7. The third-order valence-corrected chi connectivity index (χ3v) is 4.66. The van der Waals surface area contributed by atoms with Gasteiger partial charge in [0.2, 0.25) is 17.7 Å². The van der Waals surface area contributed by atoms with Crippen molar-refractivity contribution in [3.05, 3.63) is 35.6 Å². The van der Waals surface area contributed by atoms with Crippen LogP contribution in [0.2, 0.25) is 0 Å². The molecule has 0 aliphatic heterocycles. The van der Waals surface area contributed by atoms with Crippen LogP contribution in [0.4, 0.5) is 4.39 Å². The van der Waals surface area contributed by atoms with Crippen LogP contribution in [0, 0.1) is 17.1 Å². The van der Waals surface area contributed by atoms with E-state index in [0.29, 0.717) is 11.8 Å². The Bertz CT molecular complexity index is 872. The fourth-order valence-electron chi connectivity index (χ4n) is 2.69. The van der Waals surface area contributed by atoms with Gasteiger partial charge in [0.15, 0.2) is 5.78 Å². The minimum absolute atomic E-state index is 0.0382. The zero-order valence-corrected chi connectivity index (χ0v) is 18.5. The van der Waals surface area contributed by atoms with Crippen molar-refractivity contribution in [1.82, 2.24) is 16.0 Å². The molecule has 0 bridgehead atoms. The Morgan fingerprint density at radius 1 is 0.939 bits per heavy atom. The molecule has 0 aliphatic rings. The van der Waals surface area contributed by atoms with E-state index in [1.54, 1.807) is 13.8 Å². The van der Waals surface area contributed by atoms with Crippen LogP contribution in [0.1, 0.15) is 45.1 Å². The van der Waals surface area contributed by atoms with Gasteiger partial charge in [0, 0.05) is 25.3 Å². The number of carboxylic acid groups (broad SMARTS) is 1. The molecule has 0 heterocycles. The van der Waals surface area contributed by atoms with E-state index in [1.807, 2.05) is 0 Å². The van der Waals surface area contributed by atoms with Crippen LogP contribution < -0.4 is 16.0 Å². The Morgan fingerprint density at radius 2 is 1.48 bits per heavy atom. The molecule has 0 fully saturated rings. The molecule has 0 aromatic heterocycles. The minimum Gasteiger partial charge on any atom is -0.481 e. The van der Waals surface area contributed by atoms with E-state index >= 15 is 0 Å². The molecule has 0 radical (unpaired) electrons. The topological polar surface area (TPSA) is 166 Å². The van der Waals surface area contributed by atoms with E-state index in [1.165, 1.54) is 24.3 Å². The van der Waals surface area contributed by atoms with Crippen LogP contribution >= 0.6 is 0 Å². The minimum atomic E-state index is -1.19. The lowest BCUT2D eigenvalue weighted by atomic mass is 10.1. The highest BCUT2D eigenvalue weighted by molar-refractivity contribution is 6.26. The Morgan fingerprint density at radius 3 is 2.03 bits per heavy atom. The summed E-state index contributed by atoms with van der Waals surface area (Å²) in [6, 6.07) is 3.05. The summed E-state index contributed by atoms with van der Waals surface area (Å²) in [6.07, 6.45) is -0.267. The standard InChI is InChI=1S/C22H29FN4O6/c1-13(2)20(31)26-18(9-10-19(29)30)22(33)27-17(8-7-16(28)11-24)21(32)25-12-14-3-5-15(23)6-4-14/h3-6,11,13,17-18,24H,7-10,12H2,1-2H3,(H,25,32)(H,26,31)(H,27,33)(H,29,30)/t17-,18-/m0/s1. The number of amides is 3. The van der Waals surface area contributed by atoms with Gasteiger partial charge in [-0.05, 0) is 30.5 Å². The summed E-state index contributed by atoms with van der Waals surface area (Å²) in [5, 5.41) is 23.5. The Kier molecular flexibility index (Phi) is 11.4. The summed E-state index contributed by atoms with van der Waals surface area (Å²) >= 11 is 0. The molecule has 1 rings (SSSR count). The highest BCUT2D eigenvalue weighted by atomic mass is 19.1. The summed E-state index contributed by atoms with van der Waals surface area (Å²) < 4.78 is 13.0. The molecule has 11 heteroatoms. The molecule has 10 nitrogen and oxygen atoms in total. The molecule has 0 spiro atoms. The molecule has 0 saturated heterocycles. The highest BCUT2D eigenvalue weighted by Gasteiger charge is 2.28. The van der Waals surface area contributed by atoms with Crippen LogP contribution in [0.5, 0.6) is 0 Å². The van der Waals surface area contributed by atoms with Crippen LogP contribution in [0.25, 0.3) is 0 Å². The van der Waals surface area contributed by atoms with Gasteiger partial charge in [-0.15, -0.1) is 0 Å². The van der Waals surface area contributed by atoms with E-state index in [9.17, 15) is 28.4 Å². The van der Waals surface area contributed by atoms with Crippen molar-refractivity contribution in [3.63, 3.8) is 0 Å². The van der Waals surface area contributed by atoms with Crippen molar-refractivity contribution >= 4 is 35.7 Å². The number of carbonyl (C=O) groups excluding carboxylic acids is 4.